The highest BCUT2D eigenvalue weighted by Crippen LogP contribution is 2.25. The van der Waals surface area contributed by atoms with E-state index in [1.807, 2.05) is 0 Å². The van der Waals surface area contributed by atoms with Crippen molar-refractivity contribution in [1.82, 2.24) is 10.2 Å². The maximum atomic E-state index is 12.4. The summed E-state index contributed by atoms with van der Waals surface area (Å²) in [4.78, 5) is 14.6. The van der Waals surface area contributed by atoms with Gasteiger partial charge in [0.05, 0.1) is 6.54 Å². The van der Waals surface area contributed by atoms with Crippen molar-refractivity contribution in [3.05, 3.63) is 23.8 Å². The third kappa shape index (κ3) is 4.19. The first kappa shape index (κ1) is 15.8. The molecule has 1 aliphatic rings. The highest BCUT2D eigenvalue weighted by molar-refractivity contribution is 5.98. The highest BCUT2D eigenvalue weighted by Gasteiger charge is 2.23. The van der Waals surface area contributed by atoms with E-state index in [0.29, 0.717) is 18.2 Å². The van der Waals surface area contributed by atoms with Gasteiger partial charge in [-0.25, -0.2) is 0 Å². The summed E-state index contributed by atoms with van der Waals surface area (Å²) < 4.78 is 0. The summed E-state index contributed by atoms with van der Waals surface area (Å²) in [6.45, 7) is 5.38. The van der Waals surface area contributed by atoms with Gasteiger partial charge >= 0.3 is 0 Å². The predicted molar refractivity (Wildman–Crippen MR) is 81.9 cm³/mol. The van der Waals surface area contributed by atoms with Crippen molar-refractivity contribution in [3.8, 4) is 11.5 Å². The minimum atomic E-state index is -0.246. The van der Waals surface area contributed by atoms with Crippen LogP contribution in [0.5, 0.6) is 11.5 Å². The summed E-state index contributed by atoms with van der Waals surface area (Å²) in [5, 5.41) is 22.2. The molecule has 1 aromatic carbocycles. The fourth-order valence-corrected chi connectivity index (χ4v) is 2.82. The minimum Gasteiger partial charge on any atom is -0.504 e. The van der Waals surface area contributed by atoms with Crippen molar-refractivity contribution >= 4 is 5.78 Å². The van der Waals surface area contributed by atoms with Gasteiger partial charge in [0.15, 0.2) is 17.3 Å². The molecule has 1 saturated heterocycles. The lowest BCUT2D eigenvalue weighted by molar-refractivity contribution is 0.0864. The summed E-state index contributed by atoms with van der Waals surface area (Å²) in [6.07, 6.45) is 3.14. The molecule has 5 nitrogen and oxygen atoms in total. The Kier molecular flexibility index (Phi) is 5.59. The Morgan fingerprint density at radius 2 is 2.00 bits per heavy atom. The Hall–Kier alpha value is -1.59. The van der Waals surface area contributed by atoms with Crippen LogP contribution in [0.1, 0.15) is 36.5 Å². The van der Waals surface area contributed by atoms with Crippen LogP contribution in [0.3, 0.4) is 0 Å². The van der Waals surface area contributed by atoms with Gasteiger partial charge < -0.3 is 15.5 Å². The molecule has 3 N–H and O–H groups in total. The van der Waals surface area contributed by atoms with Crippen LogP contribution >= 0.6 is 0 Å². The van der Waals surface area contributed by atoms with Crippen LogP contribution in [0.4, 0.5) is 0 Å². The van der Waals surface area contributed by atoms with E-state index in [-0.39, 0.29) is 17.3 Å². The molecule has 0 spiro atoms. The molecule has 2 rings (SSSR count). The summed E-state index contributed by atoms with van der Waals surface area (Å²) in [5.74, 6) is -0.461. The number of benzene rings is 1. The van der Waals surface area contributed by atoms with E-state index in [4.69, 9.17) is 0 Å². The molecule has 0 radical (unpaired) electrons. The molecule has 0 saturated carbocycles. The van der Waals surface area contributed by atoms with Crippen LogP contribution in [0, 0.1) is 0 Å². The molecule has 5 heteroatoms. The minimum absolute atomic E-state index is 0.0164. The van der Waals surface area contributed by atoms with E-state index in [9.17, 15) is 15.0 Å². The molecule has 116 valence electrons. The maximum Gasteiger partial charge on any atom is 0.176 e. The number of rotatable bonds is 6. The van der Waals surface area contributed by atoms with E-state index in [0.717, 1.165) is 38.9 Å². The lowest BCUT2D eigenvalue weighted by Gasteiger charge is -2.34. The van der Waals surface area contributed by atoms with Crippen molar-refractivity contribution in [3.63, 3.8) is 0 Å². The SMILES string of the molecule is CCCN(CC(=O)c1ccc(O)c(O)c1)C1CCNCC1. The second-order valence-electron chi connectivity index (χ2n) is 5.58. The highest BCUT2D eigenvalue weighted by atomic mass is 16.3. The lowest BCUT2D eigenvalue weighted by Crippen LogP contribution is -2.45. The van der Waals surface area contributed by atoms with Crippen molar-refractivity contribution in [2.75, 3.05) is 26.2 Å². The molecule has 0 amide bonds. The average molecular weight is 292 g/mol. The van der Waals surface area contributed by atoms with Crippen LogP contribution < -0.4 is 5.32 Å². The molecular formula is C16H24N2O3. The van der Waals surface area contributed by atoms with Gasteiger partial charge in [-0.05, 0) is 57.1 Å². The fourth-order valence-electron chi connectivity index (χ4n) is 2.82. The molecule has 1 aliphatic heterocycles. The number of piperidine rings is 1. The Balaban J connectivity index is 2.04. The number of nitrogens with one attached hydrogen (secondary N) is 1. The number of phenols is 2. The molecule has 0 aliphatic carbocycles. The first-order valence-electron chi connectivity index (χ1n) is 7.61. The van der Waals surface area contributed by atoms with Gasteiger partial charge in [-0.1, -0.05) is 6.92 Å². The third-order valence-corrected chi connectivity index (χ3v) is 3.98. The number of carbonyl (C=O) groups is 1. The zero-order valence-electron chi connectivity index (χ0n) is 12.5. The molecule has 1 heterocycles. The zero-order chi connectivity index (χ0) is 15.2. The van der Waals surface area contributed by atoms with Gasteiger partial charge in [-0.15, -0.1) is 0 Å². The van der Waals surface area contributed by atoms with E-state index in [1.54, 1.807) is 6.07 Å². The number of hydrogen-bond acceptors (Lipinski definition) is 5. The number of hydrogen-bond donors (Lipinski definition) is 3. The maximum absolute atomic E-state index is 12.4. The van der Waals surface area contributed by atoms with Crippen LogP contribution in [0.2, 0.25) is 0 Å². The standard InChI is InChI=1S/C16H24N2O3/c1-2-9-18(13-5-7-17-8-6-13)11-16(21)12-3-4-14(19)15(20)10-12/h3-4,10,13,17,19-20H,2,5-9,11H2,1H3. The molecule has 0 bridgehead atoms. The van der Waals surface area contributed by atoms with Crippen LogP contribution in [0.25, 0.3) is 0 Å². The third-order valence-electron chi connectivity index (χ3n) is 3.98. The Labute approximate surface area is 125 Å². The average Bonchev–Trinajstić information content (AvgIpc) is 2.50. The number of ketones is 1. The van der Waals surface area contributed by atoms with Crippen molar-refractivity contribution in [1.29, 1.82) is 0 Å². The normalized spacial score (nSPS) is 16.3. The molecule has 0 aromatic heterocycles. The number of phenolic OH excluding ortho intramolecular Hbond substituents is 2. The summed E-state index contributed by atoms with van der Waals surface area (Å²) in [6, 6.07) is 4.70. The van der Waals surface area contributed by atoms with E-state index >= 15 is 0 Å². The van der Waals surface area contributed by atoms with Gasteiger partial charge in [0.25, 0.3) is 0 Å². The van der Waals surface area contributed by atoms with Gasteiger partial charge in [0, 0.05) is 11.6 Å². The molecule has 1 aromatic rings. The van der Waals surface area contributed by atoms with E-state index in [1.165, 1.54) is 12.1 Å². The Morgan fingerprint density at radius 3 is 2.62 bits per heavy atom. The fraction of sp³-hybridized carbons (Fsp3) is 0.562. The van der Waals surface area contributed by atoms with E-state index in [2.05, 4.69) is 17.1 Å². The van der Waals surface area contributed by atoms with Gasteiger partial charge in [0.2, 0.25) is 0 Å². The topological polar surface area (TPSA) is 72.8 Å². The molecule has 1 fully saturated rings. The van der Waals surface area contributed by atoms with Crippen molar-refractivity contribution in [2.24, 2.45) is 0 Å². The number of aromatic hydroxyl groups is 2. The van der Waals surface area contributed by atoms with Gasteiger partial charge in [-0.3, -0.25) is 9.69 Å². The van der Waals surface area contributed by atoms with Crippen molar-refractivity contribution < 1.29 is 15.0 Å². The van der Waals surface area contributed by atoms with Crippen LogP contribution in [-0.2, 0) is 0 Å². The first-order valence-corrected chi connectivity index (χ1v) is 7.61. The first-order chi connectivity index (χ1) is 10.1. The second-order valence-corrected chi connectivity index (χ2v) is 5.58. The molecule has 0 unspecified atom stereocenters. The monoisotopic (exact) mass is 292 g/mol. The smallest absolute Gasteiger partial charge is 0.176 e. The summed E-state index contributed by atoms with van der Waals surface area (Å²) in [7, 11) is 0. The van der Waals surface area contributed by atoms with Crippen LogP contribution in [-0.4, -0.2) is 53.1 Å². The number of Topliss-reactive ketones (excluding diaryl/α,β-unsaturated/α-hetero) is 1. The second kappa shape index (κ2) is 7.43. The van der Waals surface area contributed by atoms with Gasteiger partial charge in [0.1, 0.15) is 0 Å². The summed E-state index contributed by atoms with van der Waals surface area (Å²) >= 11 is 0. The van der Waals surface area contributed by atoms with Crippen molar-refractivity contribution in [2.45, 2.75) is 32.2 Å². The molecule has 21 heavy (non-hydrogen) atoms. The number of carbonyl (C=O) groups excluding carboxylic acids is 1. The van der Waals surface area contributed by atoms with E-state index < -0.39 is 0 Å². The number of nitrogens with zero attached hydrogens (tertiary/aromatic N) is 1. The Bertz CT molecular complexity index is 484. The van der Waals surface area contributed by atoms with Gasteiger partial charge in [-0.2, -0.15) is 0 Å². The lowest BCUT2D eigenvalue weighted by atomic mass is 10.0. The molecular weight excluding hydrogens is 268 g/mol. The van der Waals surface area contributed by atoms with Crippen LogP contribution in [0.15, 0.2) is 18.2 Å². The largest absolute Gasteiger partial charge is 0.504 e. The Morgan fingerprint density at radius 1 is 1.29 bits per heavy atom. The zero-order valence-corrected chi connectivity index (χ0v) is 12.5. The molecule has 0 atom stereocenters. The summed E-state index contributed by atoms with van der Waals surface area (Å²) in [5.41, 5.74) is 0.445. The quantitative estimate of drug-likeness (QED) is 0.550. The predicted octanol–water partition coefficient (Wildman–Crippen LogP) is 1.74.